The summed E-state index contributed by atoms with van der Waals surface area (Å²) in [5, 5.41) is 0. The van der Waals surface area contributed by atoms with Crippen molar-refractivity contribution in [2.75, 3.05) is 0 Å². The van der Waals surface area contributed by atoms with Crippen molar-refractivity contribution in [2.45, 2.75) is 58.3 Å². The quantitative estimate of drug-likeness (QED) is 0.500. The van der Waals surface area contributed by atoms with Gasteiger partial charge < -0.3 is 14.2 Å². The molecule has 0 amide bonds. The predicted molar refractivity (Wildman–Crippen MR) is 95.6 cm³/mol. The molecule has 0 aromatic carbocycles. The van der Waals surface area contributed by atoms with Gasteiger partial charge in [-0.2, -0.15) is 0 Å². The fourth-order valence-corrected chi connectivity index (χ4v) is 5.10. The van der Waals surface area contributed by atoms with Gasteiger partial charge >= 0.3 is 11.9 Å². The summed E-state index contributed by atoms with van der Waals surface area (Å²) < 4.78 is 17.4. The van der Waals surface area contributed by atoms with Crippen molar-refractivity contribution in [2.24, 2.45) is 23.7 Å². The van der Waals surface area contributed by atoms with Crippen LogP contribution in [0.1, 0.15) is 40.5 Å². The van der Waals surface area contributed by atoms with Crippen LogP contribution < -0.4 is 0 Å². The lowest BCUT2D eigenvalue weighted by atomic mass is 9.64. The minimum atomic E-state index is -1.22. The van der Waals surface area contributed by atoms with Gasteiger partial charge in [0.1, 0.15) is 17.8 Å². The number of ketones is 2. The van der Waals surface area contributed by atoms with Crippen LogP contribution in [0.25, 0.3) is 0 Å². The Morgan fingerprint density at radius 2 is 1.89 bits per heavy atom. The van der Waals surface area contributed by atoms with Gasteiger partial charge in [-0.25, -0.2) is 4.79 Å². The molecule has 150 valence electrons. The van der Waals surface area contributed by atoms with E-state index >= 15 is 0 Å². The summed E-state index contributed by atoms with van der Waals surface area (Å²) >= 11 is 0. The topological polar surface area (TPSA) is 96.0 Å². The second-order valence-corrected chi connectivity index (χ2v) is 8.51. The third-order valence-corrected chi connectivity index (χ3v) is 6.40. The molecule has 1 saturated carbocycles. The summed E-state index contributed by atoms with van der Waals surface area (Å²) in [6.07, 6.45) is 2.70. The molecular formula is C21H24O7. The minimum Gasteiger partial charge on any atom is -0.485 e. The molecular weight excluding hydrogens is 364 g/mol. The van der Waals surface area contributed by atoms with Crippen molar-refractivity contribution >= 4 is 23.5 Å². The Morgan fingerprint density at radius 3 is 2.57 bits per heavy atom. The molecule has 2 saturated heterocycles. The molecule has 1 spiro atoms. The van der Waals surface area contributed by atoms with E-state index in [1.807, 2.05) is 6.92 Å². The van der Waals surface area contributed by atoms with E-state index in [-0.39, 0.29) is 34.7 Å². The normalized spacial score (nSPS) is 43.2. The standard InChI is InChI=1S/C21H24O7/c1-9-7-10(2)16(24)15-19-21(28-20(15)25)8-11(3)17(27-19)18(26-12(4)22)13(21)5-6-14(9)23/h5-6,9-11,13,17-18H,7-8H2,1-4H3/b6-5+/t9-,10+,11+,13+,17+,18+,21+/m0/s1. The molecule has 7 heteroatoms. The Labute approximate surface area is 163 Å². The van der Waals surface area contributed by atoms with Gasteiger partial charge in [0.15, 0.2) is 22.9 Å². The van der Waals surface area contributed by atoms with E-state index < -0.39 is 41.6 Å². The lowest BCUT2D eigenvalue weighted by Gasteiger charge is -2.54. The molecule has 0 N–H and O–H groups in total. The van der Waals surface area contributed by atoms with E-state index in [9.17, 15) is 19.2 Å². The van der Waals surface area contributed by atoms with Crippen LogP contribution in [-0.4, -0.2) is 41.3 Å². The molecule has 7 atom stereocenters. The average molecular weight is 388 g/mol. The molecule has 0 unspecified atom stereocenters. The van der Waals surface area contributed by atoms with Gasteiger partial charge in [-0.1, -0.05) is 26.8 Å². The lowest BCUT2D eigenvalue weighted by Crippen LogP contribution is -2.64. The SMILES string of the molecule is CC(=O)O[C@H]1[C@@H]2OC3=C4C(=O)O[C@]3(C[C@H]2C)[C@@H]1/C=C/C(=O)[C@@H](C)C[C@@H](C)C4=O. The monoisotopic (exact) mass is 388 g/mol. The number of hydrogen-bond acceptors (Lipinski definition) is 7. The van der Waals surface area contributed by atoms with E-state index in [0.29, 0.717) is 12.8 Å². The molecule has 3 heterocycles. The smallest absolute Gasteiger partial charge is 0.346 e. The number of allylic oxidation sites excluding steroid dienone is 1. The summed E-state index contributed by atoms with van der Waals surface area (Å²) in [6.45, 7) is 6.71. The Kier molecular flexibility index (Phi) is 4.25. The van der Waals surface area contributed by atoms with Crippen LogP contribution in [0.2, 0.25) is 0 Å². The number of rotatable bonds is 1. The van der Waals surface area contributed by atoms with Crippen molar-refractivity contribution in [3.05, 3.63) is 23.5 Å². The zero-order chi connectivity index (χ0) is 20.4. The molecule has 0 aromatic rings. The number of carbonyl (C=O) groups is 4. The van der Waals surface area contributed by atoms with Gasteiger partial charge in [0, 0.05) is 31.1 Å². The number of carbonyl (C=O) groups excluding carboxylic acids is 4. The Bertz CT molecular complexity index is 838. The first-order valence-electron chi connectivity index (χ1n) is 9.74. The highest BCUT2D eigenvalue weighted by molar-refractivity contribution is 6.20. The highest BCUT2D eigenvalue weighted by Crippen LogP contribution is 2.57. The first-order valence-corrected chi connectivity index (χ1v) is 9.74. The fourth-order valence-electron chi connectivity index (χ4n) is 5.10. The largest absolute Gasteiger partial charge is 0.485 e. The number of ether oxygens (including phenoxy) is 3. The lowest BCUT2D eigenvalue weighted by molar-refractivity contribution is -0.229. The zero-order valence-corrected chi connectivity index (χ0v) is 16.4. The second kappa shape index (κ2) is 6.29. The van der Waals surface area contributed by atoms with Gasteiger partial charge in [0.05, 0.1) is 5.92 Å². The third kappa shape index (κ3) is 2.55. The Morgan fingerprint density at radius 1 is 1.18 bits per heavy atom. The van der Waals surface area contributed by atoms with Crippen LogP contribution in [-0.2, 0) is 33.4 Å². The highest BCUT2D eigenvalue weighted by Gasteiger charge is 2.68. The van der Waals surface area contributed by atoms with Crippen LogP contribution in [0, 0.1) is 23.7 Å². The van der Waals surface area contributed by atoms with E-state index in [2.05, 4.69) is 0 Å². The molecule has 5 bridgehead atoms. The van der Waals surface area contributed by atoms with E-state index in [0.717, 1.165) is 0 Å². The maximum atomic E-state index is 13.1. The molecule has 5 rings (SSSR count). The molecule has 3 fully saturated rings. The fraction of sp³-hybridized carbons (Fsp3) is 0.619. The highest BCUT2D eigenvalue weighted by atomic mass is 16.6. The molecule has 0 radical (unpaired) electrons. The van der Waals surface area contributed by atoms with Gasteiger partial charge in [-0.3, -0.25) is 14.4 Å². The third-order valence-electron chi connectivity index (χ3n) is 6.40. The number of Topliss-reactive ketones (excluding diaryl/α,β-unsaturated/α-hetero) is 1. The molecule has 2 aliphatic carbocycles. The van der Waals surface area contributed by atoms with E-state index in [4.69, 9.17) is 14.2 Å². The zero-order valence-electron chi connectivity index (χ0n) is 16.4. The minimum absolute atomic E-state index is 0.0503. The molecule has 0 aromatic heterocycles. The van der Waals surface area contributed by atoms with Gasteiger partial charge in [-0.05, 0) is 12.5 Å². The summed E-state index contributed by atoms with van der Waals surface area (Å²) in [7, 11) is 0. The van der Waals surface area contributed by atoms with Crippen LogP contribution in [0.3, 0.4) is 0 Å². The first-order chi connectivity index (χ1) is 13.2. The van der Waals surface area contributed by atoms with Crippen LogP contribution in [0.5, 0.6) is 0 Å². The number of fused-ring (bicyclic) bond motifs is 1. The van der Waals surface area contributed by atoms with Crippen molar-refractivity contribution < 1.29 is 33.4 Å². The van der Waals surface area contributed by atoms with E-state index in [1.165, 1.54) is 13.0 Å². The summed E-state index contributed by atoms with van der Waals surface area (Å²) in [5.41, 5.74) is -1.27. The molecule has 5 aliphatic rings. The molecule has 7 nitrogen and oxygen atoms in total. The first kappa shape index (κ1) is 18.9. The average Bonchev–Trinajstić information content (AvgIpc) is 2.89. The second-order valence-electron chi connectivity index (χ2n) is 8.51. The van der Waals surface area contributed by atoms with Crippen LogP contribution >= 0.6 is 0 Å². The maximum Gasteiger partial charge on any atom is 0.346 e. The van der Waals surface area contributed by atoms with Crippen LogP contribution in [0.15, 0.2) is 23.5 Å². The van der Waals surface area contributed by atoms with Crippen molar-refractivity contribution in [3.8, 4) is 0 Å². The maximum absolute atomic E-state index is 13.1. The summed E-state index contributed by atoms with van der Waals surface area (Å²) in [6, 6.07) is 0. The van der Waals surface area contributed by atoms with Crippen molar-refractivity contribution in [3.63, 3.8) is 0 Å². The number of hydrogen-bond donors (Lipinski definition) is 0. The molecule has 28 heavy (non-hydrogen) atoms. The van der Waals surface area contributed by atoms with Crippen molar-refractivity contribution in [1.29, 1.82) is 0 Å². The Balaban J connectivity index is 1.92. The van der Waals surface area contributed by atoms with Crippen LogP contribution in [0.4, 0.5) is 0 Å². The van der Waals surface area contributed by atoms with Crippen molar-refractivity contribution in [1.82, 2.24) is 0 Å². The summed E-state index contributed by atoms with van der Waals surface area (Å²) in [4.78, 5) is 50.1. The van der Waals surface area contributed by atoms with Gasteiger partial charge in [0.2, 0.25) is 0 Å². The number of esters is 2. The van der Waals surface area contributed by atoms with Gasteiger partial charge in [-0.15, -0.1) is 0 Å². The molecule has 3 aliphatic heterocycles. The van der Waals surface area contributed by atoms with Gasteiger partial charge in [0.25, 0.3) is 0 Å². The Hall–Kier alpha value is -2.44. The van der Waals surface area contributed by atoms with E-state index in [1.54, 1.807) is 19.9 Å². The predicted octanol–water partition coefficient (Wildman–Crippen LogP) is 1.89. The summed E-state index contributed by atoms with van der Waals surface area (Å²) in [5.74, 6) is -2.91.